The summed E-state index contributed by atoms with van der Waals surface area (Å²) in [6, 6.07) is 0. The van der Waals surface area contributed by atoms with E-state index in [1.165, 1.54) is 12.3 Å². The van der Waals surface area contributed by atoms with Crippen molar-refractivity contribution < 1.29 is 0 Å². The summed E-state index contributed by atoms with van der Waals surface area (Å²) in [6.45, 7) is 19.8. The first-order valence-corrected chi connectivity index (χ1v) is 14.3. The highest BCUT2D eigenvalue weighted by atomic mass is 31.1. The third kappa shape index (κ3) is 4.13. The maximum absolute atomic E-state index is 3.00. The van der Waals surface area contributed by atoms with Crippen LogP contribution in [0.1, 0.15) is 13.8 Å². The molecule has 0 saturated heterocycles. The van der Waals surface area contributed by atoms with Crippen molar-refractivity contribution in [3.8, 4) is 0 Å². The van der Waals surface area contributed by atoms with Crippen LogP contribution in [0.2, 0.25) is 39.3 Å². The van der Waals surface area contributed by atoms with Gasteiger partial charge < -0.3 is 4.00 Å². The van der Waals surface area contributed by atoms with Gasteiger partial charge in [0.05, 0.1) is 0 Å². The molecule has 0 rings (SSSR count). The van der Waals surface area contributed by atoms with Gasteiger partial charge in [0.2, 0.25) is 0 Å². The summed E-state index contributed by atoms with van der Waals surface area (Å²) in [5.41, 5.74) is 0. The molecule has 0 spiro atoms. The second-order valence-electron chi connectivity index (χ2n) is 5.79. The first kappa shape index (κ1) is 14.8. The molecule has 0 aromatic heterocycles. The second kappa shape index (κ2) is 5.24. The van der Waals surface area contributed by atoms with Crippen LogP contribution in [0.5, 0.6) is 0 Å². The summed E-state index contributed by atoms with van der Waals surface area (Å²) in [5, 5.41) is 0. The van der Waals surface area contributed by atoms with Gasteiger partial charge in [0.15, 0.2) is 0 Å². The Morgan fingerprint density at radius 1 is 0.786 bits per heavy atom. The molecule has 0 atom stereocenters. The molecule has 0 saturated carbocycles. The lowest BCUT2D eigenvalue weighted by molar-refractivity contribution is 0.955. The van der Waals surface area contributed by atoms with Gasteiger partial charge >= 0.3 is 0 Å². The fraction of sp³-hybridized carbons (Fsp3) is 1.00. The summed E-state index contributed by atoms with van der Waals surface area (Å²) >= 11 is 0. The molecule has 0 N–H and O–H groups in total. The predicted molar refractivity (Wildman–Crippen MR) is 76.5 cm³/mol. The first-order valence-electron chi connectivity index (χ1n) is 5.69. The molecule has 0 amide bonds. The molecule has 4 heteroatoms. The smallest absolute Gasteiger partial charge is 0.116 e. The largest absolute Gasteiger partial charge is 0.324 e. The molecule has 0 aliphatic carbocycles. The number of hydrogen-bond donors (Lipinski definition) is 0. The summed E-state index contributed by atoms with van der Waals surface area (Å²) in [6.07, 6.45) is 2.75. The zero-order valence-corrected chi connectivity index (χ0v) is 14.2. The zero-order chi connectivity index (χ0) is 11.6. The van der Waals surface area contributed by atoms with E-state index in [9.17, 15) is 0 Å². The van der Waals surface area contributed by atoms with Crippen molar-refractivity contribution >= 4 is 24.5 Å². The first-order chi connectivity index (χ1) is 6.14. The molecular weight excluding hydrogens is 221 g/mol. The Hall–Kier alpha value is 0.824. The van der Waals surface area contributed by atoms with Gasteiger partial charge in [-0.3, -0.25) is 0 Å². The normalized spacial score (nSPS) is 14.1. The minimum atomic E-state index is -1.10. The van der Waals surface area contributed by atoms with Crippen LogP contribution in [0, 0.1) is 0 Å². The Kier molecular flexibility index (Phi) is 5.55. The van der Waals surface area contributed by atoms with Crippen molar-refractivity contribution in [2.45, 2.75) is 53.1 Å². The lowest BCUT2D eigenvalue weighted by Crippen LogP contribution is -2.56. The summed E-state index contributed by atoms with van der Waals surface area (Å²) in [7, 11) is -2.05. The van der Waals surface area contributed by atoms with Crippen molar-refractivity contribution in [3.63, 3.8) is 0 Å². The van der Waals surface area contributed by atoms with Crippen LogP contribution in [-0.2, 0) is 0 Å². The van der Waals surface area contributed by atoms with E-state index in [4.69, 9.17) is 0 Å². The van der Waals surface area contributed by atoms with Crippen molar-refractivity contribution in [2.75, 3.05) is 12.3 Å². The average Bonchev–Trinajstić information content (AvgIpc) is 1.94. The van der Waals surface area contributed by atoms with Gasteiger partial charge in [0.1, 0.15) is 16.5 Å². The fourth-order valence-corrected chi connectivity index (χ4v) is 19.9. The van der Waals surface area contributed by atoms with E-state index in [1.807, 2.05) is 0 Å². The molecule has 0 bridgehead atoms. The SMILES string of the molecule is CCP(CC)N([Si](C)(C)C)[Si](C)(C)C. The van der Waals surface area contributed by atoms with Gasteiger partial charge in [0, 0.05) is 0 Å². The molecule has 0 aliphatic heterocycles. The topological polar surface area (TPSA) is 3.24 Å². The van der Waals surface area contributed by atoms with Crippen molar-refractivity contribution in [1.82, 2.24) is 4.00 Å². The molecule has 0 radical (unpaired) electrons. The quantitative estimate of drug-likeness (QED) is 0.516. The number of rotatable bonds is 5. The summed E-state index contributed by atoms with van der Waals surface area (Å²) in [5.74, 6) is 0. The van der Waals surface area contributed by atoms with Crippen LogP contribution in [-0.4, -0.2) is 32.8 Å². The second-order valence-corrected chi connectivity index (χ2v) is 19.2. The van der Waals surface area contributed by atoms with Crippen LogP contribution in [0.3, 0.4) is 0 Å². The molecule has 0 aromatic carbocycles. The molecule has 0 aromatic rings. The standard InChI is InChI=1S/C10H28NPSi2/c1-9-12(10-2)11(13(3,4)5)14(6,7)8/h9-10H2,1-8H3. The zero-order valence-electron chi connectivity index (χ0n) is 11.3. The molecule has 14 heavy (non-hydrogen) atoms. The van der Waals surface area contributed by atoms with Crippen LogP contribution in [0.4, 0.5) is 0 Å². The Balaban J connectivity index is 4.91. The van der Waals surface area contributed by atoms with E-state index in [0.717, 1.165) is 0 Å². The molecule has 0 aliphatic rings. The average molecular weight is 249 g/mol. The number of nitrogens with zero attached hydrogens (tertiary/aromatic N) is 1. The van der Waals surface area contributed by atoms with Gasteiger partial charge in [-0.15, -0.1) is 0 Å². The van der Waals surface area contributed by atoms with E-state index in [1.54, 1.807) is 0 Å². The lowest BCUT2D eigenvalue weighted by atomic mass is 11.0. The molecule has 1 nitrogen and oxygen atoms in total. The molecule has 0 unspecified atom stereocenters. The van der Waals surface area contributed by atoms with E-state index in [2.05, 4.69) is 57.1 Å². The van der Waals surface area contributed by atoms with Gasteiger partial charge in [-0.25, -0.2) is 0 Å². The Morgan fingerprint density at radius 2 is 1.07 bits per heavy atom. The molecular formula is C10H28NPSi2. The fourth-order valence-electron chi connectivity index (χ4n) is 2.36. The number of hydrogen-bond acceptors (Lipinski definition) is 1. The van der Waals surface area contributed by atoms with Crippen molar-refractivity contribution in [3.05, 3.63) is 0 Å². The van der Waals surface area contributed by atoms with E-state index in [0.29, 0.717) is 0 Å². The Labute approximate surface area is 94.3 Å². The van der Waals surface area contributed by atoms with Crippen LogP contribution in [0.15, 0.2) is 0 Å². The van der Waals surface area contributed by atoms with E-state index in [-0.39, 0.29) is 8.07 Å². The predicted octanol–water partition coefficient (Wildman–Crippen LogP) is 4.39. The van der Waals surface area contributed by atoms with Crippen LogP contribution >= 0.6 is 8.07 Å². The Bertz CT molecular complexity index is 154. The lowest BCUT2D eigenvalue weighted by Gasteiger charge is -2.48. The van der Waals surface area contributed by atoms with Crippen molar-refractivity contribution in [1.29, 1.82) is 0 Å². The maximum atomic E-state index is 3.00. The van der Waals surface area contributed by atoms with Crippen LogP contribution < -0.4 is 0 Å². The highest BCUT2D eigenvalue weighted by molar-refractivity contribution is 7.60. The van der Waals surface area contributed by atoms with Gasteiger partial charge in [-0.1, -0.05) is 53.1 Å². The maximum Gasteiger partial charge on any atom is 0.116 e. The highest BCUT2D eigenvalue weighted by Crippen LogP contribution is 2.46. The van der Waals surface area contributed by atoms with Gasteiger partial charge in [0.25, 0.3) is 0 Å². The van der Waals surface area contributed by atoms with E-state index < -0.39 is 16.5 Å². The molecule has 0 fully saturated rings. The minimum Gasteiger partial charge on any atom is -0.324 e. The van der Waals surface area contributed by atoms with Crippen LogP contribution in [0.25, 0.3) is 0 Å². The molecule has 0 heterocycles. The monoisotopic (exact) mass is 249 g/mol. The summed E-state index contributed by atoms with van der Waals surface area (Å²) in [4.78, 5) is 0. The summed E-state index contributed by atoms with van der Waals surface area (Å²) < 4.78 is 3.00. The van der Waals surface area contributed by atoms with Crippen molar-refractivity contribution in [2.24, 2.45) is 0 Å². The van der Waals surface area contributed by atoms with Gasteiger partial charge in [-0.2, -0.15) is 0 Å². The third-order valence-electron chi connectivity index (χ3n) is 2.28. The minimum absolute atomic E-state index is 0.161. The van der Waals surface area contributed by atoms with E-state index >= 15 is 0 Å². The third-order valence-corrected chi connectivity index (χ3v) is 16.2. The highest BCUT2D eigenvalue weighted by Gasteiger charge is 2.37. The Morgan fingerprint density at radius 3 is 1.14 bits per heavy atom. The van der Waals surface area contributed by atoms with Gasteiger partial charge in [-0.05, 0) is 20.4 Å². The molecule has 86 valence electrons.